The third-order valence-electron chi connectivity index (χ3n) is 6.24. The van der Waals surface area contributed by atoms with E-state index in [-0.39, 0.29) is 29.2 Å². The van der Waals surface area contributed by atoms with Gasteiger partial charge in [0, 0.05) is 68.6 Å². The lowest BCUT2D eigenvalue weighted by atomic mass is 9.94. The summed E-state index contributed by atoms with van der Waals surface area (Å²) in [5, 5.41) is 10.8. The summed E-state index contributed by atoms with van der Waals surface area (Å²) in [6, 6.07) is 12.0. The molecule has 0 aromatic heterocycles. The SMILES string of the molecule is O=C(c1ccc([N+](=O)[O-])cc1)N1CCC(C(=O)N2CCN(c3ccc(F)cc3)CC2)CC1. The molecule has 32 heavy (non-hydrogen) atoms. The molecule has 8 nitrogen and oxygen atoms in total. The van der Waals surface area contributed by atoms with Crippen molar-refractivity contribution < 1.29 is 18.9 Å². The fourth-order valence-corrected chi connectivity index (χ4v) is 4.33. The lowest BCUT2D eigenvalue weighted by molar-refractivity contribution is -0.384. The molecule has 2 aliphatic heterocycles. The molecule has 0 N–H and O–H groups in total. The van der Waals surface area contributed by atoms with Crippen LogP contribution >= 0.6 is 0 Å². The summed E-state index contributed by atoms with van der Waals surface area (Å²) < 4.78 is 13.1. The number of piperazine rings is 1. The number of carbonyl (C=O) groups excluding carboxylic acids is 2. The maximum Gasteiger partial charge on any atom is 0.269 e. The molecule has 0 saturated carbocycles. The van der Waals surface area contributed by atoms with Gasteiger partial charge in [0.25, 0.3) is 11.6 Å². The highest BCUT2D eigenvalue weighted by Crippen LogP contribution is 2.24. The predicted octanol–water partition coefficient (Wildman–Crippen LogP) is 2.93. The molecule has 4 rings (SSSR count). The largest absolute Gasteiger partial charge is 0.368 e. The standard InChI is InChI=1S/C23H25FN4O4/c24-19-3-7-20(8-4-19)25-13-15-27(16-14-25)23(30)18-9-11-26(12-10-18)22(29)17-1-5-21(6-2-17)28(31)32/h1-8,18H,9-16H2. The van der Waals surface area contributed by atoms with E-state index in [0.717, 1.165) is 5.69 Å². The lowest BCUT2D eigenvalue weighted by Crippen LogP contribution is -2.52. The minimum absolute atomic E-state index is 0.0506. The van der Waals surface area contributed by atoms with Gasteiger partial charge in [-0.05, 0) is 49.2 Å². The number of nitro groups is 1. The summed E-state index contributed by atoms with van der Waals surface area (Å²) in [7, 11) is 0. The van der Waals surface area contributed by atoms with Crippen molar-refractivity contribution >= 4 is 23.2 Å². The number of hydrogen-bond donors (Lipinski definition) is 0. The topological polar surface area (TPSA) is 87.0 Å². The number of rotatable bonds is 4. The van der Waals surface area contributed by atoms with E-state index in [9.17, 15) is 24.1 Å². The van der Waals surface area contributed by atoms with Crippen LogP contribution in [-0.4, -0.2) is 65.8 Å². The Bertz CT molecular complexity index is 980. The van der Waals surface area contributed by atoms with Crippen molar-refractivity contribution in [1.82, 2.24) is 9.80 Å². The van der Waals surface area contributed by atoms with E-state index in [2.05, 4.69) is 4.90 Å². The Kier molecular flexibility index (Phi) is 6.34. The van der Waals surface area contributed by atoms with E-state index in [4.69, 9.17) is 0 Å². The Balaban J connectivity index is 1.27. The van der Waals surface area contributed by atoms with Crippen LogP contribution in [0, 0.1) is 21.8 Å². The number of anilines is 1. The van der Waals surface area contributed by atoms with Crippen LogP contribution < -0.4 is 4.90 Å². The molecule has 0 aliphatic carbocycles. The molecule has 2 saturated heterocycles. The monoisotopic (exact) mass is 440 g/mol. The first kappa shape index (κ1) is 21.7. The highest BCUT2D eigenvalue weighted by molar-refractivity contribution is 5.94. The van der Waals surface area contributed by atoms with E-state index in [1.165, 1.54) is 36.4 Å². The van der Waals surface area contributed by atoms with E-state index in [1.54, 1.807) is 17.0 Å². The minimum Gasteiger partial charge on any atom is -0.368 e. The summed E-state index contributed by atoms with van der Waals surface area (Å²) in [5.41, 5.74) is 1.32. The van der Waals surface area contributed by atoms with Crippen LogP contribution in [0.2, 0.25) is 0 Å². The highest BCUT2D eigenvalue weighted by atomic mass is 19.1. The van der Waals surface area contributed by atoms with Crippen LogP contribution in [0.3, 0.4) is 0 Å². The van der Waals surface area contributed by atoms with Crippen molar-refractivity contribution in [2.24, 2.45) is 5.92 Å². The molecule has 2 aliphatic rings. The fourth-order valence-electron chi connectivity index (χ4n) is 4.33. The maximum absolute atomic E-state index is 13.1. The number of likely N-dealkylation sites (tertiary alicyclic amines) is 1. The first-order valence-corrected chi connectivity index (χ1v) is 10.8. The number of amides is 2. The van der Waals surface area contributed by atoms with Gasteiger partial charge in [0.2, 0.25) is 5.91 Å². The zero-order valence-electron chi connectivity index (χ0n) is 17.7. The molecule has 2 aromatic carbocycles. The molecule has 0 radical (unpaired) electrons. The number of piperidine rings is 1. The summed E-state index contributed by atoms with van der Waals surface area (Å²) in [5.74, 6) is -0.404. The van der Waals surface area contributed by atoms with Crippen LogP contribution in [0.25, 0.3) is 0 Å². The lowest BCUT2D eigenvalue weighted by Gasteiger charge is -2.39. The number of hydrogen-bond acceptors (Lipinski definition) is 5. The molecule has 2 heterocycles. The van der Waals surface area contributed by atoms with E-state index in [1.807, 2.05) is 4.90 Å². The number of carbonyl (C=O) groups is 2. The minimum atomic E-state index is -0.495. The Morgan fingerprint density at radius 3 is 2.00 bits per heavy atom. The molecular formula is C23H25FN4O4. The quantitative estimate of drug-likeness (QED) is 0.539. The zero-order valence-corrected chi connectivity index (χ0v) is 17.7. The van der Waals surface area contributed by atoms with Gasteiger partial charge in [0.05, 0.1) is 4.92 Å². The average Bonchev–Trinajstić information content (AvgIpc) is 2.84. The Hall–Kier alpha value is -3.49. The number of nitro benzene ring substituents is 1. The van der Waals surface area contributed by atoms with Crippen molar-refractivity contribution in [2.75, 3.05) is 44.2 Å². The summed E-state index contributed by atoms with van der Waals surface area (Å²) in [6.07, 6.45) is 1.21. The van der Waals surface area contributed by atoms with Gasteiger partial charge in [0.15, 0.2) is 0 Å². The number of nitrogens with zero attached hydrogens (tertiary/aromatic N) is 4. The fraction of sp³-hybridized carbons (Fsp3) is 0.391. The zero-order chi connectivity index (χ0) is 22.7. The summed E-state index contributed by atoms with van der Waals surface area (Å²) in [4.78, 5) is 41.7. The van der Waals surface area contributed by atoms with Crippen molar-refractivity contribution in [3.8, 4) is 0 Å². The molecule has 2 aromatic rings. The third-order valence-corrected chi connectivity index (χ3v) is 6.24. The van der Waals surface area contributed by atoms with Gasteiger partial charge in [-0.3, -0.25) is 19.7 Å². The first-order chi connectivity index (χ1) is 15.4. The number of non-ortho nitro benzene ring substituents is 1. The van der Waals surface area contributed by atoms with Crippen molar-refractivity contribution in [1.29, 1.82) is 0 Å². The van der Waals surface area contributed by atoms with E-state index >= 15 is 0 Å². The molecule has 2 fully saturated rings. The van der Waals surface area contributed by atoms with Crippen molar-refractivity contribution in [2.45, 2.75) is 12.8 Å². The van der Waals surface area contributed by atoms with E-state index < -0.39 is 4.92 Å². The van der Waals surface area contributed by atoms with Gasteiger partial charge in [0.1, 0.15) is 5.82 Å². The van der Waals surface area contributed by atoms with Gasteiger partial charge < -0.3 is 14.7 Å². The molecular weight excluding hydrogens is 415 g/mol. The Labute approximate surface area is 185 Å². The van der Waals surface area contributed by atoms with E-state index in [0.29, 0.717) is 57.7 Å². The molecule has 9 heteroatoms. The highest BCUT2D eigenvalue weighted by Gasteiger charge is 2.32. The Morgan fingerprint density at radius 1 is 0.844 bits per heavy atom. The third kappa shape index (κ3) is 4.71. The van der Waals surface area contributed by atoms with Gasteiger partial charge in [-0.1, -0.05) is 0 Å². The summed E-state index contributed by atoms with van der Waals surface area (Å²) in [6.45, 7) is 3.63. The van der Waals surface area contributed by atoms with Gasteiger partial charge in [-0.25, -0.2) is 4.39 Å². The van der Waals surface area contributed by atoms with Gasteiger partial charge in [-0.2, -0.15) is 0 Å². The van der Waals surface area contributed by atoms with Crippen LogP contribution in [0.4, 0.5) is 15.8 Å². The van der Waals surface area contributed by atoms with Crippen molar-refractivity contribution in [3.63, 3.8) is 0 Å². The maximum atomic E-state index is 13.1. The smallest absolute Gasteiger partial charge is 0.269 e. The van der Waals surface area contributed by atoms with Crippen LogP contribution in [0.5, 0.6) is 0 Å². The Morgan fingerprint density at radius 2 is 1.44 bits per heavy atom. The van der Waals surface area contributed by atoms with Crippen LogP contribution in [0.1, 0.15) is 23.2 Å². The second-order valence-electron chi connectivity index (χ2n) is 8.16. The molecule has 0 unspecified atom stereocenters. The predicted molar refractivity (Wildman–Crippen MR) is 117 cm³/mol. The van der Waals surface area contributed by atoms with Crippen LogP contribution in [0.15, 0.2) is 48.5 Å². The first-order valence-electron chi connectivity index (χ1n) is 10.8. The average molecular weight is 440 g/mol. The second kappa shape index (κ2) is 9.33. The normalized spacial score (nSPS) is 17.3. The second-order valence-corrected chi connectivity index (χ2v) is 8.16. The molecule has 0 bridgehead atoms. The van der Waals surface area contributed by atoms with Gasteiger partial charge in [-0.15, -0.1) is 0 Å². The molecule has 2 amide bonds. The number of halogens is 1. The van der Waals surface area contributed by atoms with Crippen molar-refractivity contribution in [3.05, 3.63) is 70.0 Å². The van der Waals surface area contributed by atoms with Gasteiger partial charge >= 0.3 is 0 Å². The summed E-state index contributed by atoms with van der Waals surface area (Å²) >= 11 is 0. The van der Waals surface area contributed by atoms with Crippen LogP contribution in [-0.2, 0) is 4.79 Å². The molecule has 0 spiro atoms. The molecule has 0 atom stereocenters. The molecule has 168 valence electrons. The number of benzene rings is 2.